The zero-order chi connectivity index (χ0) is 18.9. The Morgan fingerprint density at radius 3 is 2.93 bits per heavy atom. The molecule has 5 nitrogen and oxygen atoms in total. The fraction of sp³-hybridized carbons (Fsp3) is 0.278. The summed E-state index contributed by atoms with van der Waals surface area (Å²) in [5.41, 5.74) is 0.203. The predicted molar refractivity (Wildman–Crippen MR) is 116 cm³/mol. The molecule has 1 aromatic heterocycles. The molecule has 1 amide bonds. The van der Waals surface area contributed by atoms with E-state index in [2.05, 4.69) is 37.5 Å². The van der Waals surface area contributed by atoms with E-state index in [1.807, 2.05) is 18.2 Å². The summed E-state index contributed by atoms with van der Waals surface area (Å²) in [7, 11) is 0.413. The number of fused-ring (bicyclic) bond motifs is 1. The number of hydrogen-bond acceptors (Lipinski definition) is 6. The number of carbonyl (C=O) groups excluding carboxylic acids is 2. The zero-order valence-corrected chi connectivity index (χ0v) is 17.6. The van der Waals surface area contributed by atoms with Gasteiger partial charge in [-0.05, 0) is 40.7 Å². The number of hydrogen-bond donors (Lipinski definition) is 1. The lowest BCUT2D eigenvalue weighted by molar-refractivity contribution is 0.0977. The summed E-state index contributed by atoms with van der Waals surface area (Å²) in [4.78, 5) is 31.9. The van der Waals surface area contributed by atoms with Gasteiger partial charge in [-0.1, -0.05) is 30.0 Å². The van der Waals surface area contributed by atoms with E-state index >= 15 is 0 Å². The van der Waals surface area contributed by atoms with Crippen molar-refractivity contribution < 1.29 is 9.59 Å². The van der Waals surface area contributed by atoms with Gasteiger partial charge in [-0.25, -0.2) is 4.99 Å². The van der Waals surface area contributed by atoms with Crippen LogP contribution in [0.2, 0.25) is 0 Å². The number of carbonyl (C=O) groups is 2. The fourth-order valence-corrected chi connectivity index (χ4v) is 6.43. The van der Waals surface area contributed by atoms with Crippen molar-refractivity contribution in [3.63, 3.8) is 0 Å². The normalized spacial score (nSPS) is 24.8. The smallest absolute Gasteiger partial charge is 0.281 e. The van der Waals surface area contributed by atoms with Crippen LogP contribution in [0.1, 0.15) is 15.2 Å². The Balaban J connectivity index is 1.65. The molecule has 0 bridgehead atoms. The second kappa shape index (κ2) is 7.91. The molecule has 1 aromatic carbocycles. The maximum atomic E-state index is 12.5. The van der Waals surface area contributed by atoms with Crippen molar-refractivity contribution in [1.82, 2.24) is 10.1 Å². The van der Waals surface area contributed by atoms with Gasteiger partial charge >= 0.3 is 0 Å². The van der Waals surface area contributed by atoms with Crippen molar-refractivity contribution in [3.8, 4) is 0 Å². The van der Waals surface area contributed by atoms with E-state index in [4.69, 9.17) is 4.99 Å². The molecule has 0 radical (unpaired) electrons. The van der Waals surface area contributed by atoms with Crippen LogP contribution in [0.3, 0.4) is 0 Å². The molecule has 2 unspecified atom stereocenters. The molecule has 2 aliphatic rings. The number of nitrogens with one attached hydrogen (secondary N) is 1. The van der Waals surface area contributed by atoms with Crippen LogP contribution in [0.4, 0.5) is 0 Å². The van der Waals surface area contributed by atoms with Gasteiger partial charge in [-0.2, -0.15) is 0 Å². The van der Waals surface area contributed by atoms with Crippen LogP contribution in [0.5, 0.6) is 0 Å². The molecule has 2 atom stereocenters. The summed E-state index contributed by atoms with van der Waals surface area (Å²) in [6.07, 6.45) is 0.949. The second-order valence-corrected chi connectivity index (χ2v) is 9.49. The van der Waals surface area contributed by atoms with Crippen LogP contribution in [-0.2, 0) is 10.3 Å². The average Bonchev–Trinajstić information content (AvgIpc) is 3.26. The number of benzene rings is 1. The molecule has 27 heavy (non-hydrogen) atoms. The highest BCUT2D eigenvalue weighted by Crippen LogP contribution is 2.47. The van der Waals surface area contributed by atoms with Gasteiger partial charge in [0.1, 0.15) is 5.54 Å². The van der Waals surface area contributed by atoms with E-state index in [9.17, 15) is 9.59 Å². The lowest BCUT2D eigenvalue weighted by Crippen LogP contribution is -2.42. The molecule has 0 aliphatic carbocycles. The first-order valence-corrected chi connectivity index (χ1v) is 11.3. The zero-order valence-electron chi connectivity index (χ0n) is 14.4. The lowest BCUT2D eigenvalue weighted by Gasteiger charge is -2.34. The van der Waals surface area contributed by atoms with Crippen LogP contribution in [0.25, 0.3) is 0 Å². The number of amides is 1. The van der Waals surface area contributed by atoms with E-state index in [1.165, 1.54) is 4.88 Å². The number of thiophene rings is 1. The monoisotopic (exact) mass is 461 g/mol. The van der Waals surface area contributed by atoms with Crippen molar-refractivity contribution in [2.24, 2.45) is 10.9 Å². The minimum Gasteiger partial charge on any atom is -0.336 e. The summed E-state index contributed by atoms with van der Waals surface area (Å²) in [6, 6.07) is 11.3. The minimum absolute atomic E-state index is 0.148. The Labute approximate surface area is 175 Å². The first-order chi connectivity index (χ1) is 13.1. The van der Waals surface area contributed by atoms with Gasteiger partial charge in [-0.15, -0.1) is 11.3 Å². The highest BCUT2D eigenvalue weighted by molar-refractivity contribution is 9.10. The van der Waals surface area contributed by atoms with Gasteiger partial charge in [0.25, 0.3) is 13.3 Å². The average molecular weight is 462 g/mol. The molecule has 0 saturated carbocycles. The van der Waals surface area contributed by atoms with Gasteiger partial charge < -0.3 is 14.9 Å². The Hall–Kier alpha value is -1.42. The highest BCUT2D eigenvalue weighted by atomic mass is 79.9. The Kier molecular flexibility index (Phi) is 5.54. The van der Waals surface area contributed by atoms with Crippen LogP contribution in [0, 0.1) is 5.92 Å². The largest absolute Gasteiger partial charge is 0.336 e. The topological polar surface area (TPSA) is 61.8 Å². The molecule has 1 fully saturated rings. The van der Waals surface area contributed by atoms with Crippen LogP contribution in [-0.4, -0.2) is 48.3 Å². The highest BCUT2D eigenvalue weighted by Gasteiger charge is 2.50. The minimum atomic E-state index is -0.412. The molecule has 2 aliphatic heterocycles. The van der Waals surface area contributed by atoms with E-state index < -0.39 is 5.54 Å². The number of thioether (sulfide) groups is 1. The molecule has 2 aromatic rings. The maximum Gasteiger partial charge on any atom is 0.281 e. The van der Waals surface area contributed by atoms with Gasteiger partial charge in [0.2, 0.25) is 0 Å². The van der Waals surface area contributed by atoms with Crippen molar-refractivity contribution in [1.29, 1.82) is 0 Å². The molecule has 0 spiro atoms. The molecular formula is C18H17BBrN3O2S2. The van der Waals surface area contributed by atoms with Crippen molar-refractivity contribution in [3.05, 3.63) is 56.7 Å². The third kappa shape index (κ3) is 3.78. The quantitative estimate of drug-likeness (QED) is 0.561. The number of amidine groups is 1. The molecule has 3 heterocycles. The van der Waals surface area contributed by atoms with Gasteiger partial charge in [0.05, 0.1) is 6.19 Å². The molecule has 138 valence electrons. The second-order valence-electron chi connectivity index (χ2n) is 6.66. The Bertz CT molecular complexity index is 892. The summed E-state index contributed by atoms with van der Waals surface area (Å²) in [5, 5.41) is 5.68. The molecular weight excluding hydrogens is 445 g/mol. The third-order valence-electron chi connectivity index (χ3n) is 4.92. The van der Waals surface area contributed by atoms with Crippen molar-refractivity contribution in [2.45, 2.75) is 5.54 Å². The number of rotatable bonds is 4. The van der Waals surface area contributed by atoms with Crippen LogP contribution in [0.15, 0.2) is 51.2 Å². The number of nitrogens with zero attached hydrogens (tertiary/aromatic N) is 2. The summed E-state index contributed by atoms with van der Waals surface area (Å²) in [5.74, 6) is 1.02. The first-order valence-electron chi connectivity index (χ1n) is 8.60. The summed E-state index contributed by atoms with van der Waals surface area (Å²) in [6.45, 7) is 1.53. The summed E-state index contributed by atoms with van der Waals surface area (Å²) < 4.78 is 1.03. The predicted octanol–water partition coefficient (Wildman–Crippen LogP) is 2.71. The third-order valence-corrected chi connectivity index (χ3v) is 7.82. The molecule has 9 heteroatoms. The van der Waals surface area contributed by atoms with Crippen molar-refractivity contribution >= 4 is 63.7 Å². The van der Waals surface area contributed by atoms with E-state index in [0.717, 1.165) is 23.0 Å². The summed E-state index contributed by atoms with van der Waals surface area (Å²) >= 11 is 6.79. The maximum absolute atomic E-state index is 12.5. The van der Waals surface area contributed by atoms with Gasteiger partial charge in [-0.3, -0.25) is 4.79 Å². The van der Waals surface area contributed by atoms with Crippen LogP contribution >= 0.6 is 39.0 Å². The Morgan fingerprint density at radius 2 is 2.22 bits per heavy atom. The van der Waals surface area contributed by atoms with Crippen LogP contribution < -0.4 is 5.32 Å². The lowest BCUT2D eigenvalue weighted by atomic mass is 9.87. The van der Waals surface area contributed by atoms with Gasteiger partial charge in [0.15, 0.2) is 5.17 Å². The molecule has 4 rings (SSSR count). The molecule has 1 saturated heterocycles. The Morgan fingerprint density at radius 1 is 1.41 bits per heavy atom. The molecule has 1 N–H and O–H groups in total. The SMILES string of the molecule is O=CBN1CC2CSC(NC(=O)c3ccccc3)=NC2(c2cc(Br)cs2)C1. The number of halogens is 1. The van der Waals surface area contributed by atoms with Gasteiger partial charge in [0, 0.05) is 38.5 Å². The van der Waals surface area contributed by atoms with E-state index in [-0.39, 0.29) is 5.91 Å². The number of aliphatic imine (C=N–C) groups is 1. The van der Waals surface area contributed by atoms with Crippen molar-refractivity contribution in [2.75, 3.05) is 18.8 Å². The first kappa shape index (κ1) is 18.9. The standard InChI is InChI=1S/C18H17BBrN3O2S2/c20-14-6-15(26-9-14)18-10-23(19-11-24)7-13(18)8-27-17(22-18)21-16(25)12-4-2-1-3-5-12/h1-6,9,11,13,19H,7-8,10H2,(H,21,22,25). The van der Waals surface area contributed by atoms with E-state index in [1.54, 1.807) is 35.2 Å². The fourth-order valence-electron chi connectivity index (χ4n) is 3.65. The van der Waals surface area contributed by atoms with E-state index in [0.29, 0.717) is 30.6 Å².